The Hall–Kier alpha value is -1.12. The number of ether oxygens (including phenoxy) is 1. The van der Waals surface area contributed by atoms with E-state index in [1.165, 1.54) is 12.1 Å². The second-order valence-corrected chi connectivity index (χ2v) is 10.3. The zero-order chi connectivity index (χ0) is 21.3. The molecule has 1 aliphatic heterocycles. The van der Waals surface area contributed by atoms with Crippen LogP contribution in [0.25, 0.3) is 0 Å². The summed E-state index contributed by atoms with van der Waals surface area (Å²) >= 11 is 4.34. The van der Waals surface area contributed by atoms with E-state index in [0.29, 0.717) is 10.6 Å². The normalized spacial score (nSPS) is 27.7. The topological polar surface area (TPSA) is 149 Å². The molecule has 12 heteroatoms. The molecule has 1 fully saturated rings. The number of benzene rings is 1. The number of hydrogen-bond donors (Lipinski definition) is 5. The lowest BCUT2D eigenvalue weighted by Crippen LogP contribution is -2.58. The maximum absolute atomic E-state index is 12.5. The predicted molar refractivity (Wildman–Crippen MR) is 109 cm³/mol. The van der Waals surface area contributed by atoms with Crippen molar-refractivity contribution in [2.75, 3.05) is 11.3 Å². The first-order chi connectivity index (χ1) is 13.6. The molecule has 1 aliphatic rings. The van der Waals surface area contributed by atoms with Crippen LogP contribution in [0.4, 0.5) is 5.13 Å². The number of sulfonamides is 1. The van der Waals surface area contributed by atoms with Gasteiger partial charge < -0.3 is 25.2 Å². The summed E-state index contributed by atoms with van der Waals surface area (Å²) in [5, 5.41) is 39.4. The lowest BCUT2D eigenvalue weighted by atomic mass is 9.93. The summed E-state index contributed by atoms with van der Waals surface area (Å²) < 4.78 is 33.7. The molecule has 2 aromatic rings. The summed E-state index contributed by atoms with van der Waals surface area (Å²) in [5.41, 5.74) is 0.542. The van der Waals surface area contributed by atoms with Gasteiger partial charge in [-0.1, -0.05) is 15.9 Å². The Morgan fingerprint density at radius 2 is 1.76 bits per heavy atom. The van der Waals surface area contributed by atoms with Crippen molar-refractivity contribution in [2.24, 2.45) is 0 Å². The Labute approximate surface area is 180 Å². The van der Waals surface area contributed by atoms with Gasteiger partial charge in [0.15, 0.2) is 5.13 Å². The van der Waals surface area contributed by atoms with Gasteiger partial charge in [-0.3, -0.25) is 4.72 Å². The summed E-state index contributed by atoms with van der Waals surface area (Å²) in [6, 6.07) is 6.15. The van der Waals surface area contributed by atoms with E-state index < -0.39 is 47.2 Å². The van der Waals surface area contributed by atoms with E-state index in [1.807, 2.05) is 0 Å². The van der Waals surface area contributed by atoms with Crippen molar-refractivity contribution in [1.29, 1.82) is 0 Å². The van der Waals surface area contributed by atoms with Crippen LogP contribution in [-0.4, -0.2) is 71.0 Å². The number of nitrogens with one attached hydrogen (secondary N) is 1. The number of aliphatic hydroxyl groups is 4. The maximum atomic E-state index is 12.5. The van der Waals surface area contributed by atoms with E-state index in [-0.39, 0.29) is 16.4 Å². The van der Waals surface area contributed by atoms with Crippen LogP contribution in [0, 0.1) is 6.92 Å². The number of nitrogens with zero attached hydrogens (tertiary/aromatic N) is 1. The highest BCUT2D eigenvalue weighted by Crippen LogP contribution is 2.30. The molecule has 0 spiro atoms. The van der Waals surface area contributed by atoms with E-state index in [2.05, 4.69) is 25.6 Å². The lowest BCUT2D eigenvalue weighted by Gasteiger charge is -2.40. The Kier molecular flexibility index (Phi) is 6.95. The van der Waals surface area contributed by atoms with Crippen LogP contribution in [0.15, 0.2) is 33.6 Å². The van der Waals surface area contributed by atoms with Gasteiger partial charge in [0.25, 0.3) is 10.0 Å². The van der Waals surface area contributed by atoms with Gasteiger partial charge in [0.1, 0.15) is 24.4 Å². The number of halogens is 1. The maximum Gasteiger partial charge on any atom is 0.263 e. The molecule has 160 valence electrons. The van der Waals surface area contributed by atoms with Crippen molar-refractivity contribution in [3.05, 3.63) is 39.3 Å². The lowest BCUT2D eigenvalue weighted by molar-refractivity contribution is -0.228. The first kappa shape index (κ1) is 22.6. The van der Waals surface area contributed by atoms with Gasteiger partial charge in [-0.15, -0.1) is 11.3 Å². The molecule has 1 saturated heterocycles. The van der Waals surface area contributed by atoms with Gasteiger partial charge in [-0.05, 0) is 31.2 Å². The summed E-state index contributed by atoms with van der Waals surface area (Å²) in [7, 11) is -3.82. The first-order valence-electron chi connectivity index (χ1n) is 8.67. The molecule has 0 saturated carbocycles. The second kappa shape index (κ2) is 8.94. The third-order valence-electron chi connectivity index (χ3n) is 4.62. The molecule has 3 rings (SSSR count). The molecule has 0 bridgehead atoms. The fourth-order valence-corrected chi connectivity index (χ4v) is 5.48. The Morgan fingerprint density at radius 1 is 1.14 bits per heavy atom. The Balaban J connectivity index is 1.76. The standard InChI is InChI=1S/C17H21BrN2O7S2/c1-8-13(6-11-14(22)16(24)15(23)12(7-21)27-11)28-17(19-8)20-29(25,26)10-4-2-9(18)3-5-10/h2-5,11-12,14-16,21-24H,6-7H2,1H3,(H,19,20)/t11-,12+,14-,15-,16+/m0/s1. The Bertz CT molecular complexity index is 949. The Morgan fingerprint density at radius 3 is 2.38 bits per heavy atom. The number of thiazole rings is 1. The van der Waals surface area contributed by atoms with Crippen molar-refractivity contribution in [3.63, 3.8) is 0 Å². The molecule has 5 N–H and O–H groups in total. The number of aromatic nitrogens is 1. The van der Waals surface area contributed by atoms with Gasteiger partial charge in [-0.25, -0.2) is 13.4 Å². The minimum absolute atomic E-state index is 0.0871. The third-order valence-corrected chi connectivity index (χ3v) is 7.72. The van der Waals surface area contributed by atoms with Crippen molar-refractivity contribution < 1.29 is 33.6 Å². The van der Waals surface area contributed by atoms with Crippen LogP contribution in [0.5, 0.6) is 0 Å². The third kappa shape index (κ3) is 4.97. The van der Waals surface area contributed by atoms with Gasteiger partial charge in [-0.2, -0.15) is 0 Å². The van der Waals surface area contributed by atoms with E-state index in [4.69, 9.17) is 4.74 Å². The number of hydrogen-bond acceptors (Lipinski definition) is 9. The molecular formula is C17H21BrN2O7S2. The predicted octanol–water partition coefficient (Wildman–Crippen LogP) is 0.400. The van der Waals surface area contributed by atoms with Crippen LogP contribution in [0.3, 0.4) is 0 Å². The molecule has 0 unspecified atom stereocenters. The van der Waals surface area contributed by atoms with E-state index in [0.717, 1.165) is 15.8 Å². The van der Waals surface area contributed by atoms with E-state index >= 15 is 0 Å². The molecule has 5 atom stereocenters. The number of rotatable bonds is 6. The van der Waals surface area contributed by atoms with Crippen LogP contribution < -0.4 is 4.72 Å². The SMILES string of the molecule is Cc1nc(NS(=O)(=O)c2ccc(Br)cc2)sc1C[C@@H]1O[C@H](CO)[C@H](O)[C@H](O)[C@H]1O. The average molecular weight is 509 g/mol. The zero-order valence-corrected chi connectivity index (χ0v) is 18.5. The van der Waals surface area contributed by atoms with Crippen molar-refractivity contribution >= 4 is 42.4 Å². The van der Waals surface area contributed by atoms with Crippen molar-refractivity contribution in [2.45, 2.75) is 48.8 Å². The molecule has 0 aliphatic carbocycles. The molecular weight excluding hydrogens is 488 g/mol. The van der Waals surface area contributed by atoms with Crippen LogP contribution in [0.2, 0.25) is 0 Å². The van der Waals surface area contributed by atoms with Crippen LogP contribution in [-0.2, 0) is 21.2 Å². The minimum Gasteiger partial charge on any atom is -0.394 e. The van der Waals surface area contributed by atoms with E-state index in [1.54, 1.807) is 19.1 Å². The molecule has 1 aromatic carbocycles. The summed E-state index contributed by atoms with van der Waals surface area (Å²) in [5.74, 6) is 0. The molecule has 0 amide bonds. The first-order valence-corrected chi connectivity index (χ1v) is 11.8. The highest BCUT2D eigenvalue weighted by atomic mass is 79.9. The van der Waals surface area contributed by atoms with Gasteiger partial charge >= 0.3 is 0 Å². The molecule has 29 heavy (non-hydrogen) atoms. The summed E-state index contributed by atoms with van der Waals surface area (Å²) in [6.45, 7) is 1.18. The van der Waals surface area contributed by atoms with E-state index in [9.17, 15) is 28.8 Å². The molecule has 2 heterocycles. The van der Waals surface area contributed by atoms with Crippen LogP contribution in [0.1, 0.15) is 10.6 Å². The monoisotopic (exact) mass is 508 g/mol. The number of anilines is 1. The number of aliphatic hydroxyl groups excluding tert-OH is 4. The van der Waals surface area contributed by atoms with Crippen LogP contribution >= 0.6 is 27.3 Å². The van der Waals surface area contributed by atoms with Crippen molar-refractivity contribution in [1.82, 2.24) is 4.98 Å². The molecule has 9 nitrogen and oxygen atoms in total. The largest absolute Gasteiger partial charge is 0.394 e. The fraction of sp³-hybridized carbons (Fsp3) is 0.471. The highest BCUT2D eigenvalue weighted by molar-refractivity contribution is 9.10. The smallest absolute Gasteiger partial charge is 0.263 e. The molecule has 1 aromatic heterocycles. The fourth-order valence-electron chi connectivity index (χ4n) is 2.98. The molecule has 0 radical (unpaired) electrons. The van der Waals surface area contributed by atoms with Gasteiger partial charge in [0.05, 0.1) is 23.3 Å². The number of aryl methyl sites for hydroxylation is 1. The average Bonchev–Trinajstić information content (AvgIpc) is 3.00. The quantitative estimate of drug-likeness (QED) is 0.376. The zero-order valence-electron chi connectivity index (χ0n) is 15.3. The minimum atomic E-state index is -3.82. The van der Waals surface area contributed by atoms with Crippen molar-refractivity contribution in [3.8, 4) is 0 Å². The highest BCUT2D eigenvalue weighted by Gasteiger charge is 2.43. The second-order valence-electron chi connectivity index (χ2n) is 6.66. The summed E-state index contributed by atoms with van der Waals surface area (Å²) in [4.78, 5) is 4.95. The van der Waals surface area contributed by atoms with Gasteiger partial charge in [0.2, 0.25) is 0 Å². The summed E-state index contributed by atoms with van der Waals surface area (Å²) in [6.07, 6.45) is -6.01. The van der Waals surface area contributed by atoms with Gasteiger partial charge in [0, 0.05) is 15.8 Å².